The standard InChI is InChI=1S/C16H13N3O2S/c17-10-12-6-7-16-13(8-12)9-14(11-18-16)19-22(20,21)15-4-2-1-3-5-15/h1-9,11,19-21H. The van der Waals surface area contributed by atoms with Gasteiger partial charge in [0.2, 0.25) is 0 Å². The maximum Gasteiger partial charge on any atom is 0.0991 e. The maximum absolute atomic E-state index is 10.3. The molecule has 0 saturated heterocycles. The van der Waals surface area contributed by atoms with Crippen LogP contribution in [0.15, 0.2) is 65.7 Å². The van der Waals surface area contributed by atoms with E-state index < -0.39 is 10.8 Å². The summed E-state index contributed by atoms with van der Waals surface area (Å²) in [4.78, 5) is 4.66. The minimum Gasteiger partial charge on any atom is -0.279 e. The van der Waals surface area contributed by atoms with Crippen molar-refractivity contribution in [2.75, 3.05) is 4.72 Å². The predicted molar refractivity (Wildman–Crippen MR) is 87.6 cm³/mol. The molecule has 3 rings (SSSR count). The van der Waals surface area contributed by atoms with E-state index >= 15 is 0 Å². The Balaban J connectivity index is 1.95. The molecule has 0 fully saturated rings. The van der Waals surface area contributed by atoms with Crippen molar-refractivity contribution in [1.82, 2.24) is 4.98 Å². The maximum atomic E-state index is 10.3. The fraction of sp³-hybridized carbons (Fsp3) is 0. The SMILES string of the molecule is N#Cc1ccc2ncc(NS(O)(O)c3ccccc3)cc2c1. The lowest BCUT2D eigenvalue weighted by Crippen LogP contribution is -2.09. The van der Waals surface area contributed by atoms with Crippen LogP contribution in [0.1, 0.15) is 5.56 Å². The van der Waals surface area contributed by atoms with Crippen LogP contribution in [0.25, 0.3) is 10.9 Å². The molecular formula is C16H13N3O2S. The number of benzene rings is 2. The van der Waals surface area contributed by atoms with Gasteiger partial charge in [-0.05, 0) is 36.4 Å². The van der Waals surface area contributed by atoms with Gasteiger partial charge in [0.15, 0.2) is 0 Å². The van der Waals surface area contributed by atoms with E-state index in [9.17, 15) is 9.11 Å². The number of fused-ring (bicyclic) bond motifs is 1. The minimum atomic E-state index is -3.15. The second-order valence-electron chi connectivity index (χ2n) is 4.71. The molecule has 3 N–H and O–H groups in total. The summed E-state index contributed by atoms with van der Waals surface area (Å²) in [6.45, 7) is 0. The molecule has 110 valence electrons. The average Bonchev–Trinajstić information content (AvgIpc) is 2.54. The van der Waals surface area contributed by atoms with Crippen LogP contribution in [0.3, 0.4) is 0 Å². The number of rotatable bonds is 3. The topological polar surface area (TPSA) is 89.2 Å². The summed E-state index contributed by atoms with van der Waals surface area (Å²) >= 11 is 0. The molecule has 0 radical (unpaired) electrons. The molecule has 0 amide bonds. The molecule has 6 heteroatoms. The van der Waals surface area contributed by atoms with Gasteiger partial charge in [0, 0.05) is 5.39 Å². The zero-order valence-electron chi connectivity index (χ0n) is 11.5. The van der Waals surface area contributed by atoms with Crippen LogP contribution in [0, 0.1) is 11.3 Å². The molecule has 22 heavy (non-hydrogen) atoms. The Morgan fingerprint density at radius 1 is 1.05 bits per heavy atom. The monoisotopic (exact) mass is 311 g/mol. The quantitative estimate of drug-likeness (QED) is 0.673. The normalized spacial score (nSPS) is 11.9. The van der Waals surface area contributed by atoms with Crippen molar-refractivity contribution in [2.45, 2.75) is 4.90 Å². The van der Waals surface area contributed by atoms with E-state index in [4.69, 9.17) is 5.26 Å². The Morgan fingerprint density at radius 3 is 2.55 bits per heavy atom. The van der Waals surface area contributed by atoms with Gasteiger partial charge in [-0.3, -0.25) is 18.8 Å². The van der Waals surface area contributed by atoms with Crippen LogP contribution in [0.2, 0.25) is 0 Å². The molecule has 0 aliphatic rings. The summed E-state index contributed by atoms with van der Waals surface area (Å²) in [5, 5.41) is 9.70. The van der Waals surface area contributed by atoms with Crippen LogP contribution >= 0.6 is 10.8 Å². The Labute approximate surface area is 129 Å². The Bertz CT molecular complexity index is 860. The first-order valence-electron chi connectivity index (χ1n) is 6.49. The smallest absolute Gasteiger partial charge is 0.0991 e. The highest BCUT2D eigenvalue weighted by atomic mass is 32.3. The van der Waals surface area contributed by atoms with Crippen molar-refractivity contribution in [3.63, 3.8) is 0 Å². The molecule has 0 aliphatic heterocycles. The lowest BCUT2D eigenvalue weighted by atomic mass is 10.1. The van der Waals surface area contributed by atoms with Crippen molar-refractivity contribution >= 4 is 27.4 Å². The highest BCUT2D eigenvalue weighted by Gasteiger charge is 2.15. The molecule has 0 unspecified atom stereocenters. The number of anilines is 1. The third-order valence-corrected chi connectivity index (χ3v) is 4.59. The molecule has 0 spiro atoms. The molecule has 2 aromatic carbocycles. The number of hydrogen-bond donors (Lipinski definition) is 3. The van der Waals surface area contributed by atoms with Crippen molar-refractivity contribution in [2.24, 2.45) is 0 Å². The van der Waals surface area contributed by atoms with Gasteiger partial charge in [0.05, 0.1) is 33.9 Å². The van der Waals surface area contributed by atoms with E-state index in [1.54, 1.807) is 54.6 Å². The summed E-state index contributed by atoms with van der Waals surface area (Å²) in [5.41, 5.74) is 1.74. The van der Waals surface area contributed by atoms with Gasteiger partial charge in [-0.2, -0.15) is 5.26 Å². The molecule has 0 saturated carbocycles. The number of pyridine rings is 1. The second-order valence-corrected chi connectivity index (χ2v) is 6.48. The number of hydrogen-bond acceptors (Lipinski definition) is 5. The molecule has 0 atom stereocenters. The summed E-state index contributed by atoms with van der Waals surface area (Å²) < 4.78 is 23.2. The Morgan fingerprint density at radius 2 is 1.82 bits per heavy atom. The first kappa shape index (κ1) is 14.4. The highest BCUT2D eigenvalue weighted by molar-refractivity contribution is 8.25. The van der Waals surface area contributed by atoms with Gasteiger partial charge in [0.25, 0.3) is 0 Å². The van der Waals surface area contributed by atoms with E-state index in [1.807, 2.05) is 0 Å². The van der Waals surface area contributed by atoms with Crippen LogP contribution in [0.5, 0.6) is 0 Å². The van der Waals surface area contributed by atoms with Crippen molar-refractivity contribution in [1.29, 1.82) is 5.26 Å². The third kappa shape index (κ3) is 2.87. The molecule has 0 bridgehead atoms. The zero-order chi connectivity index (χ0) is 15.6. The second kappa shape index (κ2) is 5.66. The van der Waals surface area contributed by atoms with E-state index in [-0.39, 0.29) is 0 Å². The van der Waals surface area contributed by atoms with Gasteiger partial charge in [-0.15, -0.1) is 0 Å². The molecule has 1 heterocycles. The predicted octanol–water partition coefficient (Wildman–Crippen LogP) is 4.24. The van der Waals surface area contributed by atoms with Crippen molar-refractivity contribution in [3.05, 3.63) is 66.4 Å². The zero-order valence-corrected chi connectivity index (χ0v) is 12.3. The van der Waals surface area contributed by atoms with Crippen LogP contribution in [-0.4, -0.2) is 14.1 Å². The van der Waals surface area contributed by atoms with E-state index in [0.29, 0.717) is 16.1 Å². The summed E-state index contributed by atoms with van der Waals surface area (Å²) in [5.74, 6) is 0. The highest BCUT2D eigenvalue weighted by Crippen LogP contribution is 2.47. The van der Waals surface area contributed by atoms with Gasteiger partial charge in [0.1, 0.15) is 0 Å². The fourth-order valence-corrected chi connectivity index (χ4v) is 3.19. The summed E-state index contributed by atoms with van der Waals surface area (Å²) in [6, 6.07) is 17.5. The van der Waals surface area contributed by atoms with Crippen molar-refractivity contribution in [3.8, 4) is 6.07 Å². The molecule has 3 aromatic rings. The first-order chi connectivity index (χ1) is 10.6. The van der Waals surface area contributed by atoms with Gasteiger partial charge >= 0.3 is 0 Å². The first-order valence-corrected chi connectivity index (χ1v) is 8.04. The summed E-state index contributed by atoms with van der Waals surface area (Å²) in [6.07, 6.45) is 1.53. The van der Waals surface area contributed by atoms with Gasteiger partial charge in [-0.25, -0.2) is 0 Å². The van der Waals surface area contributed by atoms with Crippen LogP contribution in [0.4, 0.5) is 5.69 Å². The van der Waals surface area contributed by atoms with Crippen LogP contribution < -0.4 is 4.72 Å². The molecule has 0 aliphatic carbocycles. The molecule has 1 aromatic heterocycles. The van der Waals surface area contributed by atoms with Crippen molar-refractivity contribution < 1.29 is 9.11 Å². The van der Waals surface area contributed by atoms with E-state index in [1.165, 1.54) is 6.20 Å². The third-order valence-electron chi connectivity index (χ3n) is 3.14. The average molecular weight is 311 g/mol. The molecular weight excluding hydrogens is 298 g/mol. The number of nitriles is 1. The number of nitrogens with one attached hydrogen (secondary N) is 1. The lowest BCUT2D eigenvalue weighted by molar-refractivity contribution is 0.494. The Kier molecular flexibility index (Phi) is 3.69. The van der Waals surface area contributed by atoms with Gasteiger partial charge in [-0.1, -0.05) is 29.0 Å². The lowest BCUT2D eigenvalue weighted by Gasteiger charge is -2.33. The van der Waals surface area contributed by atoms with E-state index in [2.05, 4.69) is 15.8 Å². The molecule has 5 nitrogen and oxygen atoms in total. The van der Waals surface area contributed by atoms with Gasteiger partial charge < -0.3 is 0 Å². The minimum absolute atomic E-state index is 0.404. The van der Waals surface area contributed by atoms with E-state index in [0.717, 1.165) is 10.9 Å². The Hall–Kier alpha value is -2.59. The summed E-state index contributed by atoms with van der Waals surface area (Å²) in [7, 11) is -3.15. The number of nitrogens with zero attached hydrogens (tertiary/aromatic N) is 2. The largest absolute Gasteiger partial charge is 0.279 e. The number of aromatic nitrogens is 1. The fourth-order valence-electron chi connectivity index (χ4n) is 2.09. The van der Waals surface area contributed by atoms with Crippen LogP contribution in [-0.2, 0) is 0 Å².